The van der Waals surface area contributed by atoms with Gasteiger partial charge < -0.3 is 41.2 Å². The number of anilines is 3. The smallest absolute Gasteiger partial charge is 0.386 e. The van der Waals surface area contributed by atoms with Crippen molar-refractivity contribution in [3.8, 4) is 0 Å². The monoisotopic (exact) mass is 789 g/mol. The molecule has 4 aliphatic rings. The molecule has 51 heavy (non-hydrogen) atoms. The number of nitrogen functional groups attached to an aromatic ring is 1. The number of rotatable bonds is 5. The molecule has 2 unspecified atom stereocenters. The van der Waals surface area contributed by atoms with E-state index in [1.54, 1.807) is 10.8 Å². The largest absolute Gasteiger partial charge is 0.386 e. The molecule has 3 fully saturated rings. The van der Waals surface area contributed by atoms with Gasteiger partial charge in [-0.25, -0.2) is 28.5 Å². The first kappa shape index (κ1) is 35.4. The molecule has 2 bridgehead atoms. The number of aryl methyl sites for hydroxylation is 1. The van der Waals surface area contributed by atoms with E-state index in [1.165, 1.54) is 17.2 Å². The van der Waals surface area contributed by atoms with E-state index in [2.05, 4.69) is 60.1 Å². The first-order valence-electron chi connectivity index (χ1n) is 15.9. The van der Waals surface area contributed by atoms with Crippen LogP contribution in [0.4, 0.5) is 22.0 Å². The van der Waals surface area contributed by atoms with Gasteiger partial charge in [0.2, 0.25) is 5.95 Å². The average Bonchev–Trinajstić information content (AvgIpc) is 3.79. The van der Waals surface area contributed by atoms with Crippen LogP contribution < -0.4 is 22.1 Å². The van der Waals surface area contributed by atoms with Crippen LogP contribution in [-0.2, 0) is 43.1 Å². The molecule has 276 valence electrons. The molecule has 0 radical (unpaired) electrons. The minimum atomic E-state index is -4.43. The van der Waals surface area contributed by atoms with E-state index in [1.807, 2.05) is 0 Å². The van der Waals surface area contributed by atoms with Crippen molar-refractivity contribution in [3.63, 3.8) is 0 Å². The summed E-state index contributed by atoms with van der Waals surface area (Å²) in [5, 5.41) is 18.5. The Kier molecular flexibility index (Phi) is 9.46. The van der Waals surface area contributed by atoms with Gasteiger partial charge in [0.25, 0.3) is 0 Å². The van der Waals surface area contributed by atoms with Gasteiger partial charge in [0, 0.05) is 25.8 Å². The fraction of sp³-hybridized carbons (Fsp3) is 0.577. The van der Waals surface area contributed by atoms with Crippen LogP contribution in [0.5, 0.6) is 0 Å². The van der Waals surface area contributed by atoms with Gasteiger partial charge in [0.15, 0.2) is 30.1 Å². The lowest BCUT2D eigenvalue weighted by Crippen LogP contribution is -2.35. The molecule has 8 rings (SSSR count). The molecule has 0 amide bonds. The van der Waals surface area contributed by atoms with Crippen LogP contribution in [0, 0.1) is 0 Å². The van der Waals surface area contributed by atoms with Gasteiger partial charge in [-0.2, -0.15) is 9.97 Å². The number of alkyl halides is 1. The topological polar surface area (TPSA) is 260 Å². The zero-order chi connectivity index (χ0) is 35.7. The second-order valence-corrected chi connectivity index (χ2v) is 18.0. The number of nitrogens with two attached hydrogens (primary N) is 2. The molecular weight excluding hydrogens is 755 g/mol. The van der Waals surface area contributed by atoms with Gasteiger partial charge in [0.05, 0.1) is 24.9 Å². The summed E-state index contributed by atoms with van der Waals surface area (Å²) in [6.45, 7) is -8.66. The van der Waals surface area contributed by atoms with Crippen LogP contribution in [-0.4, -0.2) is 109 Å². The summed E-state index contributed by atoms with van der Waals surface area (Å²) < 4.78 is 81.3. The van der Waals surface area contributed by atoms with E-state index >= 15 is 4.39 Å². The Morgan fingerprint density at radius 2 is 1.76 bits per heavy atom. The van der Waals surface area contributed by atoms with E-state index in [0.717, 1.165) is 23.9 Å². The lowest BCUT2D eigenvalue weighted by molar-refractivity contribution is -0.0572. The number of hydrogen-bond donors (Lipinski definition) is 7. The summed E-state index contributed by atoms with van der Waals surface area (Å²) in [6, 6.07) is 0. The maximum absolute atomic E-state index is 16.1. The molecule has 20 nitrogen and oxygen atoms in total. The molecule has 10 atom stereocenters. The van der Waals surface area contributed by atoms with Gasteiger partial charge in [0.1, 0.15) is 53.8 Å². The molecule has 4 aromatic rings. The van der Waals surface area contributed by atoms with Crippen LogP contribution in [0.25, 0.3) is 22.2 Å². The summed E-state index contributed by atoms with van der Waals surface area (Å²) in [5.41, 5.74) is 13.4. The molecule has 0 aliphatic carbocycles. The van der Waals surface area contributed by atoms with Crippen molar-refractivity contribution < 1.29 is 46.2 Å². The van der Waals surface area contributed by atoms with Crippen LogP contribution >= 0.6 is 38.1 Å². The molecule has 25 heteroatoms. The van der Waals surface area contributed by atoms with Crippen LogP contribution in [0.1, 0.15) is 24.4 Å². The fourth-order valence-electron chi connectivity index (χ4n) is 6.64. The third kappa shape index (κ3) is 6.61. The number of hydrogen-bond acceptors (Lipinski definition) is 18. The molecule has 0 aromatic carbocycles. The standard InChI is InChI=1S/C26H34FN11O9P2S2/c27-15-12-7-42-48(40,50)46-18-13(45-24(17(18)39)37-6-11-2-1-4-30-21-14(11)22(37)33-9-32-21)8-43-49(41,51)47-19(15)25(44-12)38-10-34-16-20(29)35-26(31-5-3-28)36-23(16)38/h6,9-10,12-13,15,17-19,24-25,39H,1-5,7-8,28H2,(H,40,50)(H,41,51)(H,30,32,33)(H3,29,31,35,36)/t12-,13-,15-,17-,18-,19-,24-,25-,48?,49?/m1/s1. The number of nitrogens with one attached hydrogen (secondary N) is 2. The van der Waals surface area contributed by atoms with E-state index in [-0.39, 0.29) is 29.5 Å². The molecule has 3 saturated heterocycles. The number of thiol groups is 2. The number of fused-ring (bicyclic) bond motifs is 4. The van der Waals surface area contributed by atoms with Crippen molar-refractivity contribution in [2.45, 2.75) is 62.0 Å². The van der Waals surface area contributed by atoms with E-state index in [4.69, 9.17) is 39.0 Å². The normalized spacial score (nSPS) is 35.8. The van der Waals surface area contributed by atoms with Crippen molar-refractivity contribution in [3.05, 3.63) is 24.4 Å². The van der Waals surface area contributed by atoms with Gasteiger partial charge in [-0.05, 0) is 18.4 Å². The van der Waals surface area contributed by atoms with Gasteiger partial charge >= 0.3 is 13.6 Å². The predicted octanol–water partition coefficient (Wildman–Crippen LogP) is 1.97. The average molecular weight is 790 g/mol. The summed E-state index contributed by atoms with van der Waals surface area (Å²) in [6.07, 6.45) is -5.68. The van der Waals surface area contributed by atoms with Crippen LogP contribution in [0.15, 0.2) is 18.9 Å². The first-order valence-corrected chi connectivity index (χ1v) is 21.3. The number of ether oxygens (including phenoxy) is 2. The highest BCUT2D eigenvalue weighted by molar-refractivity contribution is 8.44. The van der Waals surface area contributed by atoms with Crippen molar-refractivity contribution in [2.24, 2.45) is 5.73 Å². The summed E-state index contributed by atoms with van der Waals surface area (Å²) in [4.78, 5) is 21.6. The van der Waals surface area contributed by atoms with Crippen molar-refractivity contribution in [1.29, 1.82) is 0 Å². The minimum absolute atomic E-state index is 0.0208. The number of halogens is 1. The van der Waals surface area contributed by atoms with Crippen LogP contribution in [0.3, 0.4) is 0 Å². The van der Waals surface area contributed by atoms with Crippen molar-refractivity contribution in [2.75, 3.05) is 49.2 Å². The van der Waals surface area contributed by atoms with E-state index in [0.29, 0.717) is 24.4 Å². The first-order chi connectivity index (χ1) is 24.4. The third-order valence-electron chi connectivity index (χ3n) is 8.91. The quantitative estimate of drug-likeness (QED) is 0.113. The Hall–Kier alpha value is -2.66. The van der Waals surface area contributed by atoms with E-state index < -0.39 is 76.0 Å². The number of aliphatic hydroxyl groups is 1. The van der Waals surface area contributed by atoms with Gasteiger partial charge in [-0.3, -0.25) is 22.7 Å². The highest BCUT2D eigenvalue weighted by Gasteiger charge is 2.54. The van der Waals surface area contributed by atoms with Gasteiger partial charge in [-0.1, -0.05) is 24.5 Å². The highest BCUT2D eigenvalue weighted by Crippen LogP contribution is 2.60. The van der Waals surface area contributed by atoms with Gasteiger partial charge in [-0.15, -0.1) is 0 Å². The molecular formula is C26H34FN11O9P2S2. The van der Waals surface area contributed by atoms with Crippen molar-refractivity contribution >= 4 is 77.9 Å². The number of nitrogens with zero attached hydrogens (tertiary/aromatic N) is 7. The Morgan fingerprint density at radius 1 is 1.02 bits per heavy atom. The maximum Gasteiger partial charge on any atom is 0.386 e. The molecule has 4 aliphatic heterocycles. The predicted molar refractivity (Wildman–Crippen MR) is 185 cm³/mol. The van der Waals surface area contributed by atoms with E-state index in [9.17, 15) is 14.2 Å². The third-order valence-corrected chi connectivity index (χ3v) is 12.1. The molecule has 0 saturated carbocycles. The summed E-state index contributed by atoms with van der Waals surface area (Å²) >= 11 is 8.26. The fourth-order valence-corrected chi connectivity index (χ4v) is 9.58. The number of aliphatic hydroxyl groups excluding tert-OH is 1. The highest BCUT2D eigenvalue weighted by atomic mass is 32.7. The molecule has 4 aromatic heterocycles. The molecule has 8 heterocycles. The summed E-state index contributed by atoms with van der Waals surface area (Å²) in [5.74, 6) is 0.792. The lowest BCUT2D eigenvalue weighted by atomic mass is 10.1. The lowest BCUT2D eigenvalue weighted by Gasteiger charge is -2.26. The SMILES string of the molecule is NCCNc1nc(N)c2ncn([C@@H]3O[C@@H]4COP(=O)(S)O[C@H]5[C@@H](O)[C@H](n6cc7c8c(ncnc86)NCCC7)O[C@@H]5COP(=O)(S)O[C@@H]3[C@@H]4F)c2n1. The minimum Gasteiger partial charge on any atom is -0.386 e. The maximum atomic E-state index is 16.1. The number of aromatic nitrogens is 7. The summed E-state index contributed by atoms with van der Waals surface area (Å²) in [7, 11) is 0. The molecule has 7 N–H and O–H groups in total. The Balaban J connectivity index is 1.10. The zero-order valence-corrected chi connectivity index (χ0v) is 30.0. The Morgan fingerprint density at radius 3 is 2.55 bits per heavy atom. The van der Waals surface area contributed by atoms with Crippen LogP contribution in [0.2, 0.25) is 0 Å². The Bertz CT molecular complexity index is 2060. The second kappa shape index (κ2) is 13.6. The van der Waals surface area contributed by atoms with Crippen molar-refractivity contribution in [1.82, 2.24) is 34.1 Å². The second-order valence-electron chi connectivity index (χ2n) is 12.2. The number of imidazole rings is 1. The Labute approximate surface area is 298 Å². The zero-order valence-electron chi connectivity index (χ0n) is 26.5. The molecule has 0 spiro atoms.